The molecule has 2 amide bonds. The first-order valence-corrected chi connectivity index (χ1v) is 6.37. The number of hydrogen-bond donors (Lipinski definition) is 3. The summed E-state index contributed by atoms with van der Waals surface area (Å²) in [5, 5.41) is 14.7. The third kappa shape index (κ3) is 2.99. The van der Waals surface area contributed by atoms with Crippen LogP contribution in [0.15, 0.2) is 6.07 Å². The number of hydrogen-bond acceptors (Lipinski definition) is 4. The Bertz CT molecular complexity index is 466. The van der Waals surface area contributed by atoms with Crippen molar-refractivity contribution >= 4 is 28.3 Å². The van der Waals surface area contributed by atoms with Crippen molar-refractivity contribution < 1.29 is 19.4 Å². The molecule has 1 aliphatic rings. The van der Waals surface area contributed by atoms with E-state index in [1.165, 1.54) is 11.3 Å². The SMILES string of the molecule is Cc1cc(C(=O)O)c(NC(=O)NC2CCOC2)s1. The van der Waals surface area contributed by atoms with Gasteiger partial charge in [-0.1, -0.05) is 0 Å². The monoisotopic (exact) mass is 270 g/mol. The van der Waals surface area contributed by atoms with Crippen LogP contribution in [0.5, 0.6) is 0 Å². The highest BCUT2D eigenvalue weighted by molar-refractivity contribution is 7.16. The van der Waals surface area contributed by atoms with Gasteiger partial charge in [-0.25, -0.2) is 9.59 Å². The number of carbonyl (C=O) groups excluding carboxylic acids is 1. The number of aryl methyl sites for hydroxylation is 1. The van der Waals surface area contributed by atoms with Gasteiger partial charge < -0.3 is 15.2 Å². The van der Waals surface area contributed by atoms with Crippen molar-refractivity contribution in [2.45, 2.75) is 19.4 Å². The zero-order chi connectivity index (χ0) is 13.1. The third-order valence-corrected chi connectivity index (χ3v) is 3.54. The average molecular weight is 270 g/mol. The minimum atomic E-state index is -1.04. The standard InChI is InChI=1S/C11H14N2O4S/c1-6-4-8(10(14)15)9(18-6)13-11(16)12-7-2-3-17-5-7/h4,7H,2-3,5H2,1H3,(H,14,15)(H2,12,13,16). The maximum Gasteiger partial charge on any atom is 0.338 e. The Kier molecular flexibility index (Phi) is 3.83. The van der Waals surface area contributed by atoms with Gasteiger partial charge in [-0.3, -0.25) is 5.32 Å². The van der Waals surface area contributed by atoms with E-state index in [1.807, 2.05) is 0 Å². The number of anilines is 1. The Morgan fingerprint density at radius 1 is 1.56 bits per heavy atom. The smallest absolute Gasteiger partial charge is 0.338 e. The zero-order valence-electron chi connectivity index (χ0n) is 9.86. The molecular formula is C11H14N2O4S. The van der Waals surface area contributed by atoms with Crippen LogP contribution >= 0.6 is 11.3 Å². The minimum absolute atomic E-state index is 0.000614. The second-order valence-electron chi connectivity index (χ2n) is 4.06. The van der Waals surface area contributed by atoms with Gasteiger partial charge in [-0.2, -0.15) is 0 Å². The van der Waals surface area contributed by atoms with E-state index in [2.05, 4.69) is 10.6 Å². The highest BCUT2D eigenvalue weighted by atomic mass is 32.1. The molecule has 0 aromatic carbocycles. The molecule has 18 heavy (non-hydrogen) atoms. The molecule has 0 bridgehead atoms. The maximum atomic E-state index is 11.7. The number of carbonyl (C=O) groups is 2. The molecule has 2 rings (SSSR count). The number of thiophene rings is 1. The predicted octanol–water partition coefficient (Wildman–Crippen LogP) is 1.67. The van der Waals surface area contributed by atoms with Crippen molar-refractivity contribution in [1.82, 2.24) is 5.32 Å². The van der Waals surface area contributed by atoms with Crippen molar-refractivity contribution in [1.29, 1.82) is 0 Å². The molecule has 0 radical (unpaired) electrons. The molecule has 2 heterocycles. The van der Waals surface area contributed by atoms with Gasteiger partial charge in [0.15, 0.2) is 0 Å². The van der Waals surface area contributed by atoms with Crippen LogP contribution in [0.2, 0.25) is 0 Å². The quantitative estimate of drug-likeness (QED) is 0.779. The summed E-state index contributed by atoms with van der Waals surface area (Å²) in [4.78, 5) is 23.5. The fourth-order valence-electron chi connectivity index (χ4n) is 1.74. The molecule has 1 unspecified atom stereocenters. The molecule has 3 N–H and O–H groups in total. The van der Waals surface area contributed by atoms with Crippen LogP contribution in [-0.2, 0) is 4.74 Å². The van der Waals surface area contributed by atoms with Crippen LogP contribution in [-0.4, -0.2) is 36.4 Å². The van der Waals surface area contributed by atoms with Gasteiger partial charge in [-0.05, 0) is 19.4 Å². The lowest BCUT2D eigenvalue weighted by Gasteiger charge is -2.11. The van der Waals surface area contributed by atoms with E-state index in [0.717, 1.165) is 11.3 Å². The fourth-order valence-corrected chi connectivity index (χ4v) is 2.64. The van der Waals surface area contributed by atoms with Crippen molar-refractivity contribution in [2.24, 2.45) is 0 Å². The van der Waals surface area contributed by atoms with Crippen molar-refractivity contribution in [3.8, 4) is 0 Å². The Morgan fingerprint density at radius 3 is 2.94 bits per heavy atom. The third-order valence-electron chi connectivity index (χ3n) is 2.58. The Balaban J connectivity index is 1.99. The fraction of sp³-hybridized carbons (Fsp3) is 0.455. The summed E-state index contributed by atoms with van der Waals surface area (Å²) in [6.45, 7) is 2.94. The summed E-state index contributed by atoms with van der Waals surface area (Å²) in [7, 11) is 0. The van der Waals surface area contributed by atoms with Crippen LogP contribution in [0.3, 0.4) is 0 Å². The molecular weight excluding hydrogens is 256 g/mol. The van der Waals surface area contributed by atoms with Crippen molar-refractivity contribution in [3.63, 3.8) is 0 Å². The molecule has 1 aliphatic heterocycles. The van der Waals surface area contributed by atoms with E-state index < -0.39 is 12.0 Å². The first-order valence-electron chi connectivity index (χ1n) is 5.55. The largest absolute Gasteiger partial charge is 0.478 e. The molecule has 1 atom stereocenters. The van der Waals surface area contributed by atoms with Crippen molar-refractivity contribution in [3.05, 3.63) is 16.5 Å². The second-order valence-corrected chi connectivity index (χ2v) is 5.32. The number of urea groups is 1. The Hall–Kier alpha value is -1.60. The van der Waals surface area contributed by atoms with Crippen LogP contribution in [0, 0.1) is 6.92 Å². The predicted molar refractivity (Wildman–Crippen MR) is 67.4 cm³/mol. The lowest BCUT2D eigenvalue weighted by Crippen LogP contribution is -2.38. The van der Waals surface area contributed by atoms with E-state index in [-0.39, 0.29) is 11.6 Å². The highest BCUT2D eigenvalue weighted by Crippen LogP contribution is 2.27. The maximum absolute atomic E-state index is 11.7. The molecule has 6 nitrogen and oxygen atoms in total. The summed E-state index contributed by atoms with van der Waals surface area (Å²) in [5.41, 5.74) is 0.121. The molecule has 0 saturated carbocycles. The highest BCUT2D eigenvalue weighted by Gasteiger charge is 2.20. The number of nitrogens with one attached hydrogen (secondary N) is 2. The van der Waals surface area contributed by atoms with Gasteiger partial charge in [0.25, 0.3) is 0 Å². The van der Waals surface area contributed by atoms with E-state index in [0.29, 0.717) is 18.2 Å². The lowest BCUT2D eigenvalue weighted by molar-refractivity contribution is 0.0698. The summed E-state index contributed by atoms with van der Waals surface area (Å²) in [6, 6.07) is 1.15. The first kappa shape index (κ1) is 12.8. The number of aromatic carboxylic acids is 1. The van der Waals surface area contributed by atoms with Gasteiger partial charge in [0, 0.05) is 11.5 Å². The van der Waals surface area contributed by atoms with Gasteiger partial charge >= 0.3 is 12.0 Å². The number of rotatable bonds is 3. The van der Waals surface area contributed by atoms with Gasteiger partial charge in [0.1, 0.15) is 5.00 Å². The van der Waals surface area contributed by atoms with Crippen LogP contribution in [0.4, 0.5) is 9.80 Å². The zero-order valence-corrected chi connectivity index (χ0v) is 10.7. The molecule has 98 valence electrons. The van der Waals surface area contributed by atoms with Crippen LogP contribution in [0.25, 0.3) is 0 Å². The molecule has 1 fully saturated rings. The minimum Gasteiger partial charge on any atom is -0.478 e. The Morgan fingerprint density at radius 2 is 2.33 bits per heavy atom. The molecule has 1 saturated heterocycles. The van der Waals surface area contributed by atoms with Crippen LogP contribution < -0.4 is 10.6 Å². The first-order chi connectivity index (χ1) is 8.56. The summed E-state index contributed by atoms with van der Waals surface area (Å²) < 4.78 is 5.14. The van der Waals surface area contributed by atoms with Gasteiger partial charge in [0.2, 0.25) is 0 Å². The number of amides is 2. The Labute approximate surface area is 108 Å². The van der Waals surface area contributed by atoms with Crippen molar-refractivity contribution in [2.75, 3.05) is 18.5 Å². The van der Waals surface area contributed by atoms with E-state index in [4.69, 9.17) is 9.84 Å². The summed E-state index contributed by atoms with van der Waals surface area (Å²) in [6.07, 6.45) is 0.780. The number of carboxylic acid groups (broad SMARTS) is 1. The van der Waals surface area contributed by atoms with E-state index in [9.17, 15) is 9.59 Å². The van der Waals surface area contributed by atoms with E-state index >= 15 is 0 Å². The van der Waals surface area contributed by atoms with Gasteiger partial charge in [-0.15, -0.1) is 11.3 Å². The average Bonchev–Trinajstić information content (AvgIpc) is 2.88. The molecule has 1 aromatic rings. The molecule has 0 spiro atoms. The molecule has 0 aliphatic carbocycles. The summed E-state index contributed by atoms with van der Waals surface area (Å²) in [5.74, 6) is -1.04. The van der Waals surface area contributed by atoms with Crippen LogP contribution in [0.1, 0.15) is 21.7 Å². The lowest BCUT2D eigenvalue weighted by atomic mass is 10.3. The van der Waals surface area contributed by atoms with E-state index in [1.54, 1.807) is 13.0 Å². The molecule has 7 heteroatoms. The topological polar surface area (TPSA) is 87.7 Å². The normalized spacial score (nSPS) is 18.6. The van der Waals surface area contributed by atoms with Gasteiger partial charge in [0.05, 0.1) is 18.2 Å². The second kappa shape index (κ2) is 5.36. The molecule has 1 aromatic heterocycles. The number of carboxylic acids is 1. The number of ether oxygens (including phenoxy) is 1. The summed E-state index contributed by atoms with van der Waals surface area (Å²) >= 11 is 1.24.